The smallest absolute Gasteiger partial charge is 0.399 e. The zero-order valence-electron chi connectivity index (χ0n) is 20.1. The number of pyridine rings is 2. The number of halogens is 3. The maximum Gasteiger partial charge on any atom is 0.416 e. The molecule has 3 atom stereocenters. The van der Waals surface area contributed by atoms with Crippen LogP contribution in [0, 0.1) is 11.3 Å². The third kappa shape index (κ3) is 3.91. The molecule has 1 aromatic carbocycles. The molecule has 0 spiro atoms. The number of nitrogens with one attached hydrogen (secondary N) is 1. The third-order valence-electron chi connectivity index (χ3n) is 7.41. The Hall–Kier alpha value is -3.78. The van der Waals surface area contributed by atoms with Crippen molar-refractivity contribution in [3.8, 4) is 6.07 Å². The van der Waals surface area contributed by atoms with Gasteiger partial charge >= 0.3 is 6.18 Å². The second-order valence-electron chi connectivity index (χ2n) is 9.65. The van der Waals surface area contributed by atoms with Crippen LogP contribution in [0.2, 0.25) is 0 Å². The van der Waals surface area contributed by atoms with Gasteiger partial charge in [0, 0.05) is 49.5 Å². The predicted molar refractivity (Wildman–Crippen MR) is 132 cm³/mol. The topological polar surface area (TPSA) is 103 Å². The highest BCUT2D eigenvalue weighted by molar-refractivity contribution is 5.95. The van der Waals surface area contributed by atoms with Gasteiger partial charge in [-0.1, -0.05) is 0 Å². The standard InChI is InChI=1S/C25H26F3N7O/c1-13(14-4-16(25(26,27)28)6-17(30)5-14)32-23-20-8-21(35-11-18-7-19(12-35)33(18)2)24(36)34(3)22(20)15(9-29)10-31-23/h4-6,8,10,13,18-19H,7,11-12,30H2,1-3H3,(H,31,32)/t13-,18?,19?/m1/s1. The fraction of sp³-hybridized carbons (Fsp3) is 0.400. The molecule has 0 saturated carbocycles. The molecule has 188 valence electrons. The predicted octanol–water partition coefficient (Wildman–Crippen LogP) is 3.47. The summed E-state index contributed by atoms with van der Waals surface area (Å²) in [6.45, 7) is 3.15. The molecule has 3 aromatic rings. The molecule has 3 aliphatic heterocycles. The number of aromatic nitrogens is 2. The first-order valence-corrected chi connectivity index (χ1v) is 11.6. The average molecular weight is 498 g/mol. The van der Waals surface area contributed by atoms with Gasteiger partial charge in [0.05, 0.1) is 22.7 Å². The van der Waals surface area contributed by atoms with Crippen LogP contribution in [-0.2, 0) is 13.2 Å². The summed E-state index contributed by atoms with van der Waals surface area (Å²) in [7, 11) is 3.70. The minimum atomic E-state index is -4.53. The number of nitrogen functional groups attached to an aromatic ring is 1. The number of nitriles is 1. The molecule has 3 fully saturated rings. The van der Waals surface area contributed by atoms with Crippen molar-refractivity contribution in [3.63, 3.8) is 0 Å². The van der Waals surface area contributed by atoms with E-state index >= 15 is 0 Å². The lowest BCUT2D eigenvalue weighted by Gasteiger charge is -2.55. The summed E-state index contributed by atoms with van der Waals surface area (Å²) >= 11 is 0. The first kappa shape index (κ1) is 23.9. The highest BCUT2D eigenvalue weighted by atomic mass is 19.4. The van der Waals surface area contributed by atoms with Crippen LogP contribution >= 0.6 is 0 Å². The summed E-state index contributed by atoms with van der Waals surface area (Å²) in [6.07, 6.45) is -2.06. The van der Waals surface area contributed by atoms with Crippen molar-refractivity contribution in [1.29, 1.82) is 5.26 Å². The Bertz CT molecular complexity index is 1450. The van der Waals surface area contributed by atoms with Crippen LogP contribution in [0.15, 0.2) is 35.3 Å². The van der Waals surface area contributed by atoms with Crippen molar-refractivity contribution in [3.05, 3.63) is 57.5 Å². The van der Waals surface area contributed by atoms with Crippen molar-refractivity contribution in [1.82, 2.24) is 14.5 Å². The number of piperidine rings is 1. The van der Waals surface area contributed by atoms with E-state index in [1.807, 2.05) is 0 Å². The van der Waals surface area contributed by atoms with E-state index < -0.39 is 17.8 Å². The van der Waals surface area contributed by atoms with Crippen LogP contribution in [0.4, 0.5) is 30.4 Å². The summed E-state index contributed by atoms with van der Waals surface area (Å²) in [5.74, 6) is 0.364. The number of nitrogens with zero attached hydrogens (tertiary/aromatic N) is 5. The molecule has 0 amide bonds. The van der Waals surface area contributed by atoms with Gasteiger partial charge in [-0.3, -0.25) is 9.69 Å². The summed E-state index contributed by atoms with van der Waals surface area (Å²) in [6, 6.07) is 7.45. The Labute approximate surface area is 205 Å². The van der Waals surface area contributed by atoms with E-state index in [9.17, 15) is 23.2 Å². The van der Waals surface area contributed by atoms with Crippen LogP contribution in [0.3, 0.4) is 0 Å². The number of aryl methyl sites for hydroxylation is 1. The Morgan fingerprint density at radius 2 is 1.89 bits per heavy atom. The van der Waals surface area contributed by atoms with Gasteiger partial charge in [0.1, 0.15) is 17.6 Å². The molecule has 11 heteroatoms. The second kappa shape index (κ2) is 8.41. The molecule has 36 heavy (non-hydrogen) atoms. The van der Waals surface area contributed by atoms with Gasteiger partial charge < -0.3 is 20.5 Å². The molecule has 8 nitrogen and oxygen atoms in total. The number of hydrogen-bond acceptors (Lipinski definition) is 7. The number of benzene rings is 1. The van der Waals surface area contributed by atoms with Gasteiger partial charge in [-0.05, 0) is 50.2 Å². The molecule has 3 saturated heterocycles. The van der Waals surface area contributed by atoms with Crippen molar-refractivity contribution >= 4 is 28.1 Å². The highest BCUT2D eigenvalue weighted by Crippen LogP contribution is 2.36. The molecule has 6 rings (SSSR count). The summed E-state index contributed by atoms with van der Waals surface area (Å²) in [5.41, 5.74) is 6.22. The number of piperazine rings is 1. The number of fused-ring (bicyclic) bond motifs is 3. The molecule has 0 radical (unpaired) electrons. The first-order valence-electron chi connectivity index (χ1n) is 11.6. The summed E-state index contributed by atoms with van der Waals surface area (Å²) in [5, 5.41) is 13.4. The van der Waals surface area contributed by atoms with Crippen LogP contribution in [0.1, 0.15) is 36.1 Å². The second-order valence-corrected chi connectivity index (χ2v) is 9.65. The Balaban J connectivity index is 1.58. The Morgan fingerprint density at radius 1 is 1.19 bits per heavy atom. The first-order chi connectivity index (χ1) is 17.0. The number of alkyl halides is 3. The fourth-order valence-electron chi connectivity index (χ4n) is 5.28. The number of hydrogen-bond donors (Lipinski definition) is 2. The van der Waals surface area contributed by atoms with Crippen molar-refractivity contribution in [2.75, 3.05) is 36.1 Å². The summed E-state index contributed by atoms with van der Waals surface area (Å²) < 4.78 is 41.4. The Kier molecular flexibility index (Phi) is 5.59. The molecule has 2 bridgehead atoms. The van der Waals surface area contributed by atoms with Gasteiger partial charge in [-0.15, -0.1) is 0 Å². The maximum atomic E-state index is 13.3. The minimum absolute atomic E-state index is 0.00411. The van der Waals surface area contributed by atoms with Crippen LogP contribution in [-0.4, -0.2) is 46.7 Å². The van der Waals surface area contributed by atoms with Gasteiger partial charge in [-0.25, -0.2) is 4.98 Å². The lowest BCUT2D eigenvalue weighted by atomic mass is 9.88. The quantitative estimate of drug-likeness (QED) is 0.532. The Morgan fingerprint density at radius 3 is 2.50 bits per heavy atom. The minimum Gasteiger partial charge on any atom is -0.399 e. The highest BCUT2D eigenvalue weighted by Gasteiger charge is 2.42. The molecular weight excluding hydrogens is 471 g/mol. The van der Waals surface area contributed by atoms with Crippen molar-refractivity contribution in [2.24, 2.45) is 7.05 Å². The number of likely N-dealkylation sites (N-methyl/N-ethyl adjacent to an activating group) is 1. The number of anilines is 3. The fourth-order valence-corrected chi connectivity index (χ4v) is 5.28. The SMILES string of the molecule is C[C@@H](Nc1ncc(C#N)c2c1cc(N1CC3CC(C1)N3C)c(=O)n2C)c1cc(N)cc(C(F)(F)F)c1. The zero-order valence-corrected chi connectivity index (χ0v) is 20.1. The lowest BCUT2D eigenvalue weighted by Crippen LogP contribution is -2.67. The van der Waals surface area contributed by atoms with Crippen molar-refractivity contribution in [2.45, 2.75) is 37.6 Å². The molecule has 3 N–H and O–H groups in total. The van der Waals surface area contributed by atoms with E-state index in [0.717, 1.165) is 31.6 Å². The zero-order chi connectivity index (χ0) is 25.9. The van der Waals surface area contributed by atoms with Gasteiger partial charge in [0.2, 0.25) is 0 Å². The van der Waals surface area contributed by atoms with E-state index in [-0.39, 0.29) is 16.8 Å². The molecule has 5 heterocycles. The molecule has 0 aliphatic carbocycles. The lowest BCUT2D eigenvalue weighted by molar-refractivity contribution is -0.137. The molecule has 2 aromatic heterocycles. The third-order valence-corrected chi connectivity index (χ3v) is 7.41. The molecule has 2 unspecified atom stereocenters. The average Bonchev–Trinajstić information content (AvgIpc) is 2.85. The van der Waals surface area contributed by atoms with Gasteiger partial charge in [0.25, 0.3) is 5.56 Å². The molecular formula is C25H26F3N7O. The van der Waals surface area contributed by atoms with Gasteiger partial charge in [-0.2, -0.15) is 18.4 Å². The molecule has 3 aliphatic rings. The van der Waals surface area contributed by atoms with E-state index in [2.05, 4.69) is 33.2 Å². The number of rotatable bonds is 4. The van der Waals surface area contributed by atoms with E-state index in [4.69, 9.17) is 5.73 Å². The summed E-state index contributed by atoms with van der Waals surface area (Å²) in [4.78, 5) is 22.1. The van der Waals surface area contributed by atoms with Crippen molar-refractivity contribution < 1.29 is 13.2 Å². The monoisotopic (exact) mass is 497 g/mol. The van der Waals surface area contributed by atoms with E-state index in [0.29, 0.717) is 40.1 Å². The van der Waals surface area contributed by atoms with Crippen LogP contribution in [0.25, 0.3) is 10.9 Å². The normalized spacial score (nSPS) is 20.6. The van der Waals surface area contributed by atoms with Crippen LogP contribution < -0.4 is 21.5 Å². The largest absolute Gasteiger partial charge is 0.416 e. The van der Waals surface area contributed by atoms with E-state index in [1.165, 1.54) is 16.8 Å². The number of nitrogens with two attached hydrogens (primary N) is 1. The van der Waals surface area contributed by atoms with E-state index in [1.54, 1.807) is 20.0 Å². The van der Waals surface area contributed by atoms with Crippen LogP contribution in [0.5, 0.6) is 0 Å². The van der Waals surface area contributed by atoms with Gasteiger partial charge in [0.15, 0.2) is 0 Å². The maximum absolute atomic E-state index is 13.3.